The first-order valence-corrected chi connectivity index (χ1v) is 18.5. The normalized spacial score (nSPS) is 14.9. The molecule has 2 aliphatic carbocycles. The van der Waals surface area contributed by atoms with E-state index in [9.17, 15) is 29.1 Å². The number of carbonyl (C=O) groups is 5. The zero-order chi connectivity index (χ0) is 37.7. The van der Waals surface area contributed by atoms with E-state index in [0.717, 1.165) is 45.9 Å². The number of methoxy groups -OCH3 is 5. The van der Waals surface area contributed by atoms with Crippen molar-refractivity contribution in [1.82, 2.24) is 0 Å². The van der Waals surface area contributed by atoms with Gasteiger partial charge in [-0.2, -0.15) is 0 Å². The van der Waals surface area contributed by atoms with E-state index in [1.54, 1.807) is 45.4 Å². The summed E-state index contributed by atoms with van der Waals surface area (Å²) >= 11 is 2.60. The molecule has 0 aliphatic heterocycles. The van der Waals surface area contributed by atoms with Gasteiger partial charge in [-0.15, -0.1) is 22.7 Å². The number of hydrogen-bond donors (Lipinski definition) is 1. The fourth-order valence-corrected chi connectivity index (χ4v) is 8.31. The monoisotopic (exact) mass is 778 g/mol. The number of aliphatic carboxylic acids is 1. The van der Waals surface area contributed by atoms with E-state index >= 15 is 0 Å². The van der Waals surface area contributed by atoms with Crippen LogP contribution in [0.15, 0.2) is 36.4 Å². The second-order valence-corrected chi connectivity index (χ2v) is 14.8. The number of carboxylic acids is 1. The third kappa shape index (κ3) is 9.94. The van der Waals surface area contributed by atoms with Crippen LogP contribution >= 0.6 is 22.7 Å². The number of benzene rings is 2. The summed E-state index contributed by atoms with van der Waals surface area (Å²) < 4.78 is 32.9. The van der Waals surface area contributed by atoms with E-state index in [2.05, 4.69) is 0 Å². The van der Waals surface area contributed by atoms with Gasteiger partial charge in [-0.1, -0.05) is 0 Å². The molecule has 0 radical (unpaired) electrons. The molecule has 286 valence electrons. The Hall–Kier alpha value is -4.13. The minimum Gasteiger partial charge on any atom is -0.870 e. The van der Waals surface area contributed by atoms with Gasteiger partial charge >= 0.3 is 36.8 Å². The van der Waals surface area contributed by atoms with Crippen LogP contribution in [-0.2, 0) is 23.9 Å². The van der Waals surface area contributed by atoms with Crippen molar-refractivity contribution in [2.75, 3.05) is 42.2 Å². The maximum atomic E-state index is 13.4. The van der Waals surface area contributed by atoms with E-state index in [1.807, 2.05) is 12.1 Å². The van der Waals surface area contributed by atoms with Crippen molar-refractivity contribution in [2.24, 2.45) is 29.6 Å². The zero-order valence-electron chi connectivity index (χ0n) is 31.3. The molecule has 2 saturated carbocycles. The number of esters is 2. The Labute approximate surface area is 332 Å². The van der Waals surface area contributed by atoms with E-state index in [-0.39, 0.29) is 55.0 Å². The van der Waals surface area contributed by atoms with Gasteiger partial charge in [0.2, 0.25) is 0 Å². The van der Waals surface area contributed by atoms with Gasteiger partial charge in [0.15, 0.2) is 34.6 Å². The number of rotatable bonds is 16. The van der Waals surface area contributed by atoms with Gasteiger partial charge in [0.1, 0.15) is 5.92 Å². The fraction of sp³-hybridized carbons (Fsp3) is 0.447. The van der Waals surface area contributed by atoms with Gasteiger partial charge in [-0.25, -0.2) is 0 Å². The van der Waals surface area contributed by atoms with Crippen LogP contribution in [0.5, 0.6) is 23.0 Å². The fourth-order valence-electron chi connectivity index (χ4n) is 6.24. The standard InChI is InChI=1S/C21H24O7S.C17H18O5S.Li.H2O/c1-5-28-21(24)18(17(11-6-7-11)20(23)27-4)19(22)16-9-12-8-13(25-2)14(26-3)10-15(12)29-16;1-21-13-5-10-6-16(23-15(10)8-14(13)22-2)12(18)7-11(17(19)20)9-3-4-9;;/h8-11,17-18H,5-7H2,1-4H3;5-6,8-9,11H,3-4,7H2,1-2H3,(H,19,20);;1H2/q;;+1;/p-1. The molecule has 0 saturated heterocycles. The number of ether oxygens (including phenoxy) is 6. The Bertz CT molecular complexity index is 1900. The van der Waals surface area contributed by atoms with Crippen molar-refractivity contribution in [3.63, 3.8) is 0 Å². The molecule has 54 heavy (non-hydrogen) atoms. The number of carbonyl (C=O) groups excluding carboxylic acids is 4. The molecular formula is C38H43LiO13S2. The molecule has 4 aromatic rings. The van der Waals surface area contributed by atoms with Gasteiger partial charge in [0, 0.05) is 28.0 Å². The van der Waals surface area contributed by atoms with Crippen LogP contribution in [0.25, 0.3) is 20.2 Å². The van der Waals surface area contributed by atoms with E-state index in [4.69, 9.17) is 28.4 Å². The van der Waals surface area contributed by atoms with Crippen LogP contribution in [0.1, 0.15) is 58.4 Å². The molecule has 2 aromatic heterocycles. The summed E-state index contributed by atoms with van der Waals surface area (Å²) in [6.45, 7) is 1.80. The molecule has 2 aliphatic rings. The average Bonchev–Trinajstić information content (AvgIpc) is 4.08. The Balaban J connectivity index is 0.000000287. The first-order chi connectivity index (χ1) is 25.0. The molecule has 0 bridgehead atoms. The largest absolute Gasteiger partial charge is 1.00 e. The van der Waals surface area contributed by atoms with E-state index in [0.29, 0.717) is 32.8 Å². The molecule has 0 spiro atoms. The van der Waals surface area contributed by atoms with Crippen molar-refractivity contribution in [3.05, 3.63) is 46.2 Å². The number of carboxylic acid groups (broad SMARTS) is 1. The molecule has 13 nitrogen and oxygen atoms in total. The van der Waals surface area contributed by atoms with Crippen molar-refractivity contribution in [2.45, 2.75) is 39.0 Å². The summed E-state index contributed by atoms with van der Waals surface area (Å²) in [5, 5.41) is 11.0. The van der Waals surface area contributed by atoms with Crippen LogP contribution in [-0.4, -0.2) is 82.2 Å². The van der Waals surface area contributed by atoms with Gasteiger partial charge in [0.25, 0.3) is 0 Å². The molecular weight excluding hydrogens is 735 g/mol. The molecule has 16 heteroatoms. The third-order valence-electron chi connectivity index (χ3n) is 9.26. The summed E-state index contributed by atoms with van der Waals surface area (Å²) in [6, 6.07) is 10.7. The Morgan fingerprint density at radius 2 is 1.17 bits per heavy atom. The maximum absolute atomic E-state index is 13.4. The summed E-state index contributed by atoms with van der Waals surface area (Å²) in [7, 11) is 7.47. The Morgan fingerprint density at radius 3 is 1.59 bits per heavy atom. The second-order valence-electron chi connectivity index (χ2n) is 12.6. The minimum absolute atomic E-state index is 0. The summed E-state index contributed by atoms with van der Waals surface area (Å²) in [5.74, 6) is -2.82. The Morgan fingerprint density at radius 1 is 0.704 bits per heavy atom. The predicted molar refractivity (Wildman–Crippen MR) is 197 cm³/mol. The Kier molecular flexibility index (Phi) is 15.9. The van der Waals surface area contributed by atoms with Crippen molar-refractivity contribution < 1.29 is 81.8 Å². The summed E-state index contributed by atoms with van der Waals surface area (Å²) in [6.07, 6.45) is 3.45. The minimum atomic E-state index is -1.22. The molecule has 2 fully saturated rings. The smallest absolute Gasteiger partial charge is 0.870 e. The first-order valence-electron chi connectivity index (χ1n) is 16.8. The van der Waals surface area contributed by atoms with E-state index in [1.165, 1.54) is 44.0 Å². The molecule has 3 unspecified atom stereocenters. The van der Waals surface area contributed by atoms with Crippen LogP contribution < -0.4 is 37.8 Å². The second kappa shape index (κ2) is 19.5. The molecule has 2 N–H and O–H groups in total. The molecule has 3 atom stereocenters. The number of Topliss-reactive ketones (excluding diaryl/α,β-unsaturated/α-hetero) is 2. The first kappa shape index (κ1) is 44.3. The summed E-state index contributed by atoms with van der Waals surface area (Å²) in [4.78, 5) is 63.2. The van der Waals surface area contributed by atoms with Gasteiger partial charge in [-0.3, -0.25) is 24.0 Å². The van der Waals surface area contributed by atoms with Crippen LogP contribution in [0.3, 0.4) is 0 Å². The van der Waals surface area contributed by atoms with Crippen LogP contribution in [0.2, 0.25) is 0 Å². The molecule has 2 heterocycles. The predicted octanol–water partition coefficient (Wildman–Crippen LogP) is 3.91. The zero-order valence-corrected chi connectivity index (χ0v) is 32.9. The number of hydrogen-bond acceptors (Lipinski definition) is 14. The van der Waals surface area contributed by atoms with Crippen LogP contribution in [0.4, 0.5) is 0 Å². The SMILES string of the molecule is CCOC(=O)C(C(=O)c1cc2cc(OC)c(OC)cc2s1)C(C(=O)OC)C1CC1.COc1cc2cc(C(=O)CC(C(=O)O)C3CC3)sc2cc1OC.[Li+].[OH-]. The third-order valence-corrected chi connectivity index (χ3v) is 11.5. The van der Waals surface area contributed by atoms with Crippen molar-refractivity contribution >= 4 is 72.3 Å². The quantitative estimate of drug-likeness (QED) is 0.0747. The number of ketones is 2. The number of thiophene rings is 2. The molecule has 2 aromatic carbocycles. The number of fused-ring (bicyclic) bond motifs is 2. The van der Waals surface area contributed by atoms with Gasteiger partial charge < -0.3 is 39.0 Å². The van der Waals surface area contributed by atoms with Crippen molar-refractivity contribution in [1.29, 1.82) is 0 Å². The molecule has 6 rings (SSSR count). The average molecular weight is 779 g/mol. The van der Waals surface area contributed by atoms with Crippen molar-refractivity contribution in [3.8, 4) is 23.0 Å². The maximum Gasteiger partial charge on any atom is 1.00 e. The topological polar surface area (TPSA) is 191 Å². The van der Waals surface area contributed by atoms with Crippen LogP contribution in [0, 0.1) is 29.6 Å². The summed E-state index contributed by atoms with van der Waals surface area (Å²) in [5.41, 5.74) is 0. The van der Waals surface area contributed by atoms with E-state index < -0.39 is 41.4 Å². The van der Waals surface area contributed by atoms with Gasteiger partial charge in [0.05, 0.1) is 63.7 Å². The van der Waals surface area contributed by atoms with Gasteiger partial charge in [-0.05, 0) is 79.5 Å². The molecule has 0 amide bonds.